The summed E-state index contributed by atoms with van der Waals surface area (Å²) in [6.07, 6.45) is -1.46. The molecule has 1 nitrogen and oxygen atoms in total. The molecule has 0 fully saturated rings. The van der Waals surface area contributed by atoms with Crippen LogP contribution in [0.4, 0.5) is 8.78 Å². The van der Waals surface area contributed by atoms with Crippen LogP contribution in [0.2, 0.25) is 10.0 Å². The number of halogens is 5. The number of aliphatic hydroxyl groups excluding tert-OH is 1. The molecule has 2 aromatic rings. The fraction of sp³-hybridized carbons (Fsp3) is 0.143. The van der Waals surface area contributed by atoms with Crippen LogP contribution in [0.25, 0.3) is 0 Å². The first-order valence-corrected chi connectivity index (χ1v) is 7.21. The summed E-state index contributed by atoms with van der Waals surface area (Å²) < 4.78 is 27.7. The van der Waals surface area contributed by atoms with Crippen LogP contribution >= 0.6 is 39.1 Å². The van der Waals surface area contributed by atoms with Gasteiger partial charge in [-0.25, -0.2) is 8.78 Å². The molecule has 0 saturated heterocycles. The first-order valence-electron chi connectivity index (χ1n) is 5.66. The molecule has 0 bridgehead atoms. The van der Waals surface area contributed by atoms with E-state index < -0.39 is 23.3 Å². The third-order valence-electron chi connectivity index (χ3n) is 2.87. The lowest BCUT2D eigenvalue weighted by Gasteiger charge is -2.15. The van der Waals surface area contributed by atoms with Crippen molar-refractivity contribution in [3.05, 3.63) is 67.6 Å². The summed E-state index contributed by atoms with van der Waals surface area (Å²) in [6.45, 7) is 0. The Labute approximate surface area is 133 Å². The molecule has 0 aliphatic carbocycles. The van der Waals surface area contributed by atoms with Crippen molar-refractivity contribution in [1.82, 2.24) is 0 Å². The standard InChI is InChI=1S/C14H9BrCl2F2O/c15-8-4-5-11(18)13(14(8)19)12(20)6-7-9(16)2-1-3-10(7)17/h1-5,12,20H,6H2. The van der Waals surface area contributed by atoms with Crippen LogP contribution in [0.3, 0.4) is 0 Å². The molecule has 0 saturated carbocycles. The predicted octanol–water partition coefficient (Wildman–Crippen LogP) is 5.31. The second-order valence-electron chi connectivity index (χ2n) is 4.18. The van der Waals surface area contributed by atoms with Gasteiger partial charge >= 0.3 is 0 Å². The second-order valence-corrected chi connectivity index (χ2v) is 5.85. The van der Waals surface area contributed by atoms with E-state index in [-0.39, 0.29) is 10.9 Å². The molecule has 0 aliphatic rings. The number of hydrogen-bond donors (Lipinski definition) is 1. The number of hydrogen-bond acceptors (Lipinski definition) is 1. The van der Waals surface area contributed by atoms with Crippen LogP contribution in [-0.4, -0.2) is 5.11 Å². The highest BCUT2D eigenvalue weighted by Gasteiger charge is 2.22. The predicted molar refractivity (Wildman–Crippen MR) is 79.2 cm³/mol. The fourth-order valence-corrected chi connectivity index (χ4v) is 2.77. The van der Waals surface area contributed by atoms with Crippen molar-refractivity contribution in [2.24, 2.45) is 0 Å². The first-order chi connectivity index (χ1) is 9.41. The van der Waals surface area contributed by atoms with Gasteiger partial charge in [0.1, 0.15) is 11.6 Å². The Kier molecular flexibility index (Phi) is 5.02. The molecule has 2 aromatic carbocycles. The highest BCUT2D eigenvalue weighted by Crippen LogP contribution is 2.32. The molecule has 1 unspecified atom stereocenters. The van der Waals surface area contributed by atoms with Gasteiger partial charge in [-0.3, -0.25) is 0 Å². The van der Waals surface area contributed by atoms with Crippen LogP contribution < -0.4 is 0 Å². The van der Waals surface area contributed by atoms with Crippen molar-refractivity contribution in [1.29, 1.82) is 0 Å². The molecule has 0 aromatic heterocycles. The molecular formula is C14H9BrCl2F2O. The molecule has 0 heterocycles. The van der Waals surface area contributed by atoms with Crippen LogP contribution in [0.5, 0.6) is 0 Å². The summed E-state index contributed by atoms with van der Waals surface area (Å²) in [6, 6.07) is 7.18. The Hall–Kier alpha value is -0.680. The maximum Gasteiger partial charge on any atom is 0.146 e. The van der Waals surface area contributed by atoms with Crippen molar-refractivity contribution < 1.29 is 13.9 Å². The van der Waals surface area contributed by atoms with E-state index in [1.54, 1.807) is 18.2 Å². The van der Waals surface area contributed by atoms with Crippen molar-refractivity contribution in [2.75, 3.05) is 0 Å². The lowest BCUT2D eigenvalue weighted by molar-refractivity contribution is 0.168. The number of rotatable bonds is 3. The summed E-state index contributed by atoms with van der Waals surface area (Å²) in [7, 11) is 0. The molecule has 0 radical (unpaired) electrons. The molecule has 0 amide bonds. The fourth-order valence-electron chi connectivity index (χ4n) is 1.87. The minimum atomic E-state index is -1.38. The van der Waals surface area contributed by atoms with Crippen molar-refractivity contribution in [3.8, 4) is 0 Å². The van der Waals surface area contributed by atoms with Crippen molar-refractivity contribution >= 4 is 39.1 Å². The Bertz CT molecular complexity index is 629. The topological polar surface area (TPSA) is 20.2 Å². The van der Waals surface area contributed by atoms with E-state index in [1.165, 1.54) is 6.07 Å². The monoisotopic (exact) mass is 380 g/mol. The maximum absolute atomic E-state index is 13.9. The van der Waals surface area contributed by atoms with Gasteiger partial charge in [-0.05, 0) is 45.8 Å². The molecule has 1 atom stereocenters. The lowest BCUT2D eigenvalue weighted by Crippen LogP contribution is -2.08. The smallest absolute Gasteiger partial charge is 0.146 e. The Morgan fingerprint density at radius 1 is 1.10 bits per heavy atom. The third-order valence-corrected chi connectivity index (χ3v) is 4.19. The minimum Gasteiger partial charge on any atom is -0.388 e. The van der Waals surface area contributed by atoms with Gasteiger partial charge in [0.2, 0.25) is 0 Å². The van der Waals surface area contributed by atoms with E-state index in [9.17, 15) is 13.9 Å². The number of benzene rings is 2. The molecule has 0 spiro atoms. The quantitative estimate of drug-likeness (QED) is 0.714. The van der Waals surface area contributed by atoms with E-state index >= 15 is 0 Å². The summed E-state index contributed by atoms with van der Waals surface area (Å²) in [5.74, 6) is -1.65. The molecule has 1 N–H and O–H groups in total. The third kappa shape index (κ3) is 3.14. The first kappa shape index (κ1) is 15.7. The van der Waals surface area contributed by atoms with Crippen LogP contribution in [0, 0.1) is 11.6 Å². The zero-order valence-electron chi connectivity index (χ0n) is 10.0. The van der Waals surface area contributed by atoms with E-state index in [1.807, 2.05) is 0 Å². The van der Waals surface area contributed by atoms with E-state index in [2.05, 4.69) is 15.9 Å². The Morgan fingerprint density at radius 3 is 2.30 bits per heavy atom. The number of aliphatic hydroxyl groups is 1. The normalized spacial score (nSPS) is 12.5. The van der Waals surface area contributed by atoms with Gasteiger partial charge in [-0.1, -0.05) is 29.3 Å². The van der Waals surface area contributed by atoms with Gasteiger partial charge in [0, 0.05) is 16.5 Å². The molecule has 2 rings (SSSR count). The summed E-state index contributed by atoms with van der Waals surface area (Å²) in [5.41, 5.74) is 0.0393. The Balaban J connectivity index is 2.38. The highest BCUT2D eigenvalue weighted by molar-refractivity contribution is 9.10. The van der Waals surface area contributed by atoms with Gasteiger partial charge in [-0.2, -0.15) is 0 Å². The van der Waals surface area contributed by atoms with Gasteiger partial charge in [0.15, 0.2) is 0 Å². The average molecular weight is 382 g/mol. The van der Waals surface area contributed by atoms with Gasteiger partial charge in [-0.15, -0.1) is 0 Å². The zero-order chi connectivity index (χ0) is 14.9. The zero-order valence-corrected chi connectivity index (χ0v) is 13.1. The van der Waals surface area contributed by atoms with E-state index in [0.717, 1.165) is 6.07 Å². The summed E-state index contributed by atoms with van der Waals surface area (Å²) in [4.78, 5) is 0. The Morgan fingerprint density at radius 2 is 1.70 bits per heavy atom. The van der Waals surface area contributed by atoms with Crippen LogP contribution in [-0.2, 0) is 6.42 Å². The molecule has 20 heavy (non-hydrogen) atoms. The maximum atomic E-state index is 13.9. The van der Waals surface area contributed by atoms with Gasteiger partial charge in [0.25, 0.3) is 0 Å². The SMILES string of the molecule is OC(Cc1c(Cl)cccc1Cl)c1c(F)ccc(Br)c1F. The van der Waals surface area contributed by atoms with Crippen LogP contribution in [0.1, 0.15) is 17.2 Å². The second kappa shape index (κ2) is 6.39. The molecule has 0 aliphatic heterocycles. The molecular weight excluding hydrogens is 373 g/mol. The van der Waals surface area contributed by atoms with E-state index in [4.69, 9.17) is 23.2 Å². The van der Waals surface area contributed by atoms with Crippen molar-refractivity contribution in [2.45, 2.75) is 12.5 Å². The average Bonchev–Trinajstić information content (AvgIpc) is 2.39. The van der Waals surface area contributed by atoms with E-state index in [0.29, 0.717) is 15.6 Å². The lowest BCUT2D eigenvalue weighted by atomic mass is 10.0. The minimum absolute atomic E-state index is 0.0806. The summed E-state index contributed by atoms with van der Waals surface area (Å²) >= 11 is 14.9. The van der Waals surface area contributed by atoms with Gasteiger partial charge in [0.05, 0.1) is 16.1 Å². The summed E-state index contributed by atoms with van der Waals surface area (Å²) in [5, 5.41) is 10.8. The van der Waals surface area contributed by atoms with Crippen LogP contribution in [0.15, 0.2) is 34.8 Å². The molecule has 6 heteroatoms. The highest BCUT2D eigenvalue weighted by atomic mass is 79.9. The molecule has 106 valence electrons. The largest absolute Gasteiger partial charge is 0.388 e. The van der Waals surface area contributed by atoms with Gasteiger partial charge < -0.3 is 5.11 Å². The van der Waals surface area contributed by atoms with Crippen molar-refractivity contribution in [3.63, 3.8) is 0 Å².